The van der Waals surface area contributed by atoms with E-state index in [2.05, 4.69) is 68.8 Å². The third-order valence-electron chi connectivity index (χ3n) is 3.15. The van der Waals surface area contributed by atoms with E-state index < -0.39 is 21.7 Å². The van der Waals surface area contributed by atoms with Crippen LogP contribution in [0.25, 0.3) is 0 Å². The number of aliphatic hydroxyl groups is 1. The molecule has 0 spiro atoms. The van der Waals surface area contributed by atoms with Gasteiger partial charge in [0.05, 0.1) is 0 Å². The largest absolute Gasteiger partial charge is 0.377 e. The van der Waals surface area contributed by atoms with Gasteiger partial charge in [0, 0.05) is 12.3 Å². The normalized spacial score (nSPS) is 27.1. The zero-order valence-electron chi connectivity index (χ0n) is 13.9. The zero-order chi connectivity index (χ0) is 15.6. The lowest BCUT2D eigenvalue weighted by Crippen LogP contribution is -2.34. The van der Waals surface area contributed by atoms with Gasteiger partial charge < -0.3 is 5.11 Å². The standard InChI is InChI=1S/C17H28OSi2/c1-15-14-17(18,11-13-20(5,6)7)10-8-16(15)9-12-19(2,3)4/h16,18H,1,8,10,14H2,2-7H3. The molecule has 0 radical (unpaired) electrons. The van der Waals surface area contributed by atoms with Crippen LogP contribution in [-0.4, -0.2) is 26.9 Å². The highest BCUT2D eigenvalue weighted by Crippen LogP contribution is 2.34. The molecule has 1 saturated carbocycles. The first-order chi connectivity index (χ1) is 8.90. The maximum absolute atomic E-state index is 10.6. The van der Waals surface area contributed by atoms with E-state index in [4.69, 9.17) is 0 Å². The van der Waals surface area contributed by atoms with E-state index in [1.165, 1.54) is 0 Å². The van der Waals surface area contributed by atoms with Gasteiger partial charge in [-0.3, -0.25) is 0 Å². The van der Waals surface area contributed by atoms with Crippen LogP contribution in [0.4, 0.5) is 0 Å². The molecule has 0 bridgehead atoms. The smallest absolute Gasteiger partial charge is 0.129 e. The summed E-state index contributed by atoms with van der Waals surface area (Å²) in [6.07, 6.45) is 2.18. The van der Waals surface area contributed by atoms with Crippen molar-refractivity contribution in [3.63, 3.8) is 0 Å². The van der Waals surface area contributed by atoms with Crippen molar-refractivity contribution in [1.82, 2.24) is 0 Å². The van der Waals surface area contributed by atoms with E-state index in [1.807, 2.05) is 0 Å². The first kappa shape index (κ1) is 17.3. The van der Waals surface area contributed by atoms with Gasteiger partial charge in [-0.15, -0.1) is 17.0 Å². The van der Waals surface area contributed by atoms with Crippen molar-refractivity contribution in [3.05, 3.63) is 12.2 Å². The molecule has 0 saturated heterocycles. The fourth-order valence-corrected chi connectivity index (χ4v) is 3.28. The summed E-state index contributed by atoms with van der Waals surface area (Å²) in [6, 6.07) is 0. The lowest BCUT2D eigenvalue weighted by atomic mass is 9.77. The minimum absolute atomic E-state index is 0.246. The molecule has 110 valence electrons. The van der Waals surface area contributed by atoms with E-state index in [0.717, 1.165) is 12.0 Å². The van der Waals surface area contributed by atoms with Crippen molar-refractivity contribution in [2.75, 3.05) is 0 Å². The van der Waals surface area contributed by atoms with Crippen LogP contribution in [0.1, 0.15) is 19.3 Å². The summed E-state index contributed by atoms with van der Waals surface area (Å²) in [5.74, 6) is 6.76. The molecule has 1 rings (SSSR count). The van der Waals surface area contributed by atoms with Crippen molar-refractivity contribution >= 4 is 16.1 Å². The molecule has 1 aliphatic carbocycles. The van der Waals surface area contributed by atoms with Crippen LogP contribution in [-0.2, 0) is 0 Å². The Labute approximate surface area is 126 Å². The highest BCUT2D eigenvalue weighted by molar-refractivity contribution is 6.84. The molecule has 0 aromatic carbocycles. The second kappa shape index (κ2) is 5.94. The van der Waals surface area contributed by atoms with Crippen molar-refractivity contribution in [3.8, 4) is 22.9 Å². The second-order valence-corrected chi connectivity index (χ2v) is 17.5. The fraction of sp³-hybridized carbons (Fsp3) is 0.647. The number of hydrogen-bond acceptors (Lipinski definition) is 1. The monoisotopic (exact) mass is 304 g/mol. The molecule has 0 aromatic heterocycles. The average Bonchev–Trinajstić information content (AvgIpc) is 2.23. The second-order valence-electron chi connectivity index (χ2n) is 7.98. The molecule has 20 heavy (non-hydrogen) atoms. The third kappa shape index (κ3) is 6.14. The lowest BCUT2D eigenvalue weighted by molar-refractivity contribution is 0.0730. The molecule has 0 aromatic rings. The van der Waals surface area contributed by atoms with E-state index in [1.54, 1.807) is 0 Å². The molecule has 0 heterocycles. The van der Waals surface area contributed by atoms with Crippen LogP contribution in [0.5, 0.6) is 0 Å². The summed E-state index contributed by atoms with van der Waals surface area (Å²) in [6.45, 7) is 17.5. The summed E-state index contributed by atoms with van der Waals surface area (Å²) in [4.78, 5) is 0. The van der Waals surface area contributed by atoms with Gasteiger partial charge in [-0.2, -0.15) is 0 Å². The van der Waals surface area contributed by atoms with Gasteiger partial charge in [0.2, 0.25) is 0 Å². The Hall–Kier alpha value is -0.746. The van der Waals surface area contributed by atoms with Crippen molar-refractivity contribution in [2.45, 2.75) is 64.1 Å². The summed E-state index contributed by atoms with van der Waals surface area (Å²) >= 11 is 0. The van der Waals surface area contributed by atoms with Gasteiger partial charge in [0.1, 0.15) is 21.7 Å². The minimum atomic E-state index is -1.44. The van der Waals surface area contributed by atoms with Gasteiger partial charge in [-0.1, -0.05) is 57.4 Å². The van der Waals surface area contributed by atoms with E-state index in [0.29, 0.717) is 12.8 Å². The Morgan fingerprint density at radius 2 is 1.65 bits per heavy atom. The summed E-state index contributed by atoms with van der Waals surface area (Å²) in [5, 5.41) is 10.6. The van der Waals surface area contributed by atoms with E-state index in [9.17, 15) is 5.11 Å². The SMILES string of the molecule is C=C1CC(O)(C#C[Si](C)(C)C)CCC1C#C[Si](C)(C)C. The molecular formula is C17H28OSi2. The molecule has 2 atom stereocenters. The molecule has 1 fully saturated rings. The van der Waals surface area contributed by atoms with Crippen molar-refractivity contribution in [2.24, 2.45) is 5.92 Å². The maximum atomic E-state index is 10.6. The predicted octanol–water partition coefficient (Wildman–Crippen LogP) is 3.84. The molecule has 1 nitrogen and oxygen atoms in total. The van der Waals surface area contributed by atoms with Crippen LogP contribution in [0.15, 0.2) is 12.2 Å². The van der Waals surface area contributed by atoms with Gasteiger partial charge in [0.15, 0.2) is 0 Å². The summed E-state index contributed by atoms with van der Waals surface area (Å²) in [7, 11) is -2.77. The van der Waals surface area contributed by atoms with Crippen molar-refractivity contribution < 1.29 is 5.11 Å². The third-order valence-corrected chi connectivity index (χ3v) is 4.92. The number of hydrogen-bond donors (Lipinski definition) is 1. The number of rotatable bonds is 0. The summed E-state index contributed by atoms with van der Waals surface area (Å²) < 4.78 is 0. The average molecular weight is 305 g/mol. The van der Waals surface area contributed by atoms with Crippen LogP contribution < -0.4 is 0 Å². The van der Waals surface area contributed by atoms with Gasteiger partial charge >= 0.3 is 0 Å². The van der Waals surface area contributed by atoms with Crippen LogP contribution in [0.3, 0.4) is 0 Å². The molecule has 1 N–H and O–H groups in total. The molecule has 0 aliphatic heterocycles. The minimum Gasteiger partial charge on any atom is -0.377 e. The maximum Gasteiger partial charge on any atom is 0.129 e. The van der Waals surface area contributed by atoms with E-state index in [-0.39, 0.29) is 5.92 Å². The first-order valence-electron chi connectivity index (χ1n) is 7.37. The Kier molecular flexibility index (Phi) is 5.14. The fourth-order valence-electron chi connectivity index (χ4n) is 2.06. The Balaban J connectivity index is 2.79. The quantitative estimate of drug-likeness (QED) is 0.409. The zero-order valence-corrected chi connectivity index (χ0v) is 15.9. The van der Waals surface area contributed by atoms with Crippen LogP contribution in [0.2, 0.25) is 39.3 Å². The lowest BCUT2D eigenvalue weighted by Gasteiger charge is -2.32. The molecule has 1 aliphatic rings. The topological polar surface area (TPSA) is 20.2 Å². The van der Waals surface area contributed by atoms with Crippen LogP contribution >= 0.6 is 0 Å². The summed E-state index contributed by atoms with van der Waals surface area (Å²) in [5.41, 5.74) is 6.90. The van der Waals surface area contributed by atoms with Crippen LogP contribution in [0, 0.1) is 28.8 Å². The van der Waals surface area contributed by atoms with E-state index >= 15 is 0 Å². The Morgan fingerprint density at radius 3 is 2.10 bits per heavy atom. The molecule has 3 heteroatoms. The van der Waals surface area contributed by atoms with Gasteiger partial charge in [-0.05, 0) is 12.8 Å². The highest BCUT2D eigenvalue weighted by atomic mass is 28.3. The van der Waals surface area contributed by atoms with Crippen molar-refractivity contribution in [1.29, 1.82) is 0 Å². The molecular weight excluding hydrogens is 276 g/mol. The molecule has 0 amide bonds. The first-order valence-corrected chi connectivity index (χ1v) is 14.4. The molecule has 2 unspecified atom stereocenters. The highest BCUT2D eigenvalue weighted by Gasteiger charge is 2.33. The van der Waals surface area contributed by atoms with Gasteiger partial charge in [-0.25, -0.2) is 0 Å². The predicted molar refractivity (Wildman–Crippen MR) is 93.7 cm³/mol. The van der Waals surface area contributed by atoms with Gasteiger partial charge in [0.25, 0.3) is 0 Å². The Morgan fingerprint density at radius 1 is 1.10 bits per heavy atom. The Bertz CT molecular complexity index is 500.